The summed E-state index contributed by atoms with van der Waals surface area (Å²) in [5.74, 6) is -0.486. The van der Waals surface area contributed by atoms with Crippen molar-refractivity contribution in [3.8, 4) is 6.07 Å². The van der Waals surface area contributed by atoms with Crippen LogP contribution in [-0.4, -0.2) is 11.7 Å². The molecular formula is C9H8ClN3O. The van der Waals surface area contributed by atoms with E-state index >= 15 is 0 Å². The summed E-state index contributed by atoms with van der Waals surface area (Å²) in [5.41, 5.74) is 12.0. The summed E-state index contributed by atoms with van der Waals surface area (Å²) in [6.07, 6.45) is 0. The molecule has 4 nitrogen and oxygen atoms in total. The van der Waals surface area contributed by atoms with Crippen molar-refractivity contribution < 1.29 is 4.79 Å². The van der Waals surface area contributed by atoms with Gasteiger partial charge in [-0.2, -0.15) is 5.26 Å². The van der Waals surface area contributed by atoms with Crippen LogP contribution in [0.4, 0.5) is 11.4 Å². The number of halogens is 1. The summed E-state index contributed by atoms with van der Waals surface area (Å²) in [5, 5.41) is 8.67. The highest BCUT2D eigenvalue weighted by Gasteiger charge is 2.11. The average molecular weight is 210 g/mol. The number of ketones is 1. The van der Waals surface area contributed by atoms with Gasteiger partial charge >= 0.3 is 0 Å². The zero-order valence-corrected chi connectivity index (χ0v) is 8.01. The van der Waals surface area contributed by atoms with E-state index in [-0.39, 0.29) is 34.2 Å². The van der Waals surface area contributed by atoms with Crippen LogP contribution in [0.5, 0.6) is 0 Å². The minimum Gasteiger partial charge on any atom is -0.398 e. The van der Waals surface area contributed by atoms with Gasteiger partial charge in [0.05, 0.1) is 17.1 Å². The largest absolute Gasteiger partial charge is 0.398 e. The van der Waals surface area contributed by atoms with E-state index in [1.165, 1.54) is 12.1 Å². The summed E-state index contributed by atoms with van der Waals surface area (Å²) in [6.45, 7) is 0. The van der Waals surface area contributed by atoms with E-state index in [1.807, 2.05) is 6.07 Å². The maximum Gasteiger partial charge on any atom is 0.179 e. The van der Waals surface area contributed by atoms with Crippen molar-refractivity contribution in [2.45, 2.75) is 0 Å². The fourth-order valence-electron chi connectivity index (χ4n) is 1.04. The SMILES string of the molecule is N#Cc1cc(C(=O)CCl)c(N)cc1N. The summed E-state index contributed by atoms with van der Waals surface area (Å²) in [7, 11) is 0. The highest BCUT2D eigenvalue weighted by Crippen LogP contribution is 2.21. The molecule has 0 radical (unpaired) electrons. The monoisotopic (exact) mass is 209 g/mol. The number of alkyl halides is 1. The topological polar surface area (TPSA) is 92.9 Å². The molecule has 0 aromatic heterocycles. The molecule has 0 spiro atoms. The lowest BCUT2D eigenvalue weighted by Gasteiger charge is -2.05. The Morgan fingerprint density at radius 1 is 1.43 bits per heavy atom. The molecule has 0 aliphatic rings. The Morgan fingerprint density at radius 3 is 2.57 bits per heavy atom. The molecule has 72 valence electrons. The lowest BCUT2D eigenvalue weighted by atomic mass is 10.0. The van der Waals surface area contributed by atoms with Crippen molar-refractivity contribution in [2.24, 2.45) is 0 Å². The number of Topliss-reactive ketones (excluding diaryl/α,β-unsaturated/α-hetero) is 1. The Balaban J connectivity index is 3.33. The van der Waals surface area contributed by atoms with Crippen molar-refractivity contribution in [1.82, 2.24) is 0 Å². The molecule has 0 saturated heterocycles. The van der Waals surface area contributed by atoms with Crippen LogP contribution >= 0.6 is 11.6 Å². The van der Waals surface area contributed by atoms with E-state index in [0.717, 1.165) is 0 Å². The summed E-state index contributed by atoms with van der Waals surface area (Å²) in [6, 6.07) is 4.61. The standard InChI is InChI=1S/C9H8ClN3O/c10-3-9(14)6-1-5(4-11)7(12)2-8(6)13/h1-2H,3,12-13H2. The Labute approximate surface area is 86.1 Å². The van der Waals surface area contributed by atoms with Crippen LogP contribution in [-0.2, 0) is 0 Å². The summed E-state index contributed by atoms with van der Waals surface area (Å²) in [4.78, 5) is 11.3. The fourth-order valence-corrected chi connectivity index (χ4v) is 1.19. The van der Waals surface area contributed by atoms with Crippen LogP contribution in [0, 0.1) is 11.3 Å². The third-order valence-corrected chi connectivity index (χ3v) is 2.01. The summed E-state index contributed by atoms with van der Waals surface area (Å²) < 4.78 is 0. The molecule has 1 aromatic carbocycles. The van der Waals surface area contributed by atoms with Gasteiger partial charge in [0, 0.05) is 11.3 Å². The van der Waals surface area contributed by atoms with Gasteiger partial charge in [-0.3, -0.25) is 4.79 Å². The van der Waals surface area contributed by atoms with Gasteiger partial charge in [-0.25, -0.2) is 0 Å². The molecule has 0 aliphatic heterocycles. The zero-order chi connectivity index (χ0) is 10.7. The van der Waals surface area contributed by atoms with Crippen molar-refractivity contribution >= 4 is 28.8 Å². The molecule has 0 fully saturated rings. The van der Waals surface area contributed by atoms with Crippen molar-refractivity contribution in [3.63, 3.8) is 0 Å². The first-order valence-electron chi connectivity index (χ1n) is 3.78. The molecule has 14 heavy (non-hydrogen) atoms. The quantitative estimate of drug-likeness (QED) is 0.434. The number of carbonyl (C=O) groups is 1. The number of nitrogens with two attached hydrogens (primary N) is 2. The van der Waals surface area contributed by atoms with Gasteiger partial charge in [0.15, 0.2) is 5.78 Å². The van der Waals surface area contributed by atoms with Gasteiger partial charge in [0.25, 0.3) is 0 Å². The first kappa shape index (κ1) is 10.4. The van der Waals surface area contributed by atoms with E-state index in [1.54, 1.807) is 0 Å². The number of hydrogen-bond donors (Lipinski definition) is 2. The molecule has 1 rings (SSSR count). The molecule has 4 N–H and O–H groups in total. The number of nitrogens with zero attached hydrogens (tertiary/aromatic N) is 1. The van der Waals surface area contributed by atoms with E-state index in [9.17, 15) is 4.79 Å². The first-order chi connectivity index (χ1) is 6.60. The van der Waals surface area contributed by atoms with Crippen molar-refractivity contribution in [2.75, 3.05) is 17.3 Å². The number of hydrogen-bond acceptors (Lipinski definition) is 4. The first-order valence-corrected chi connectivity index (χ1v) is 4.32. The minimum atomic E-state index is -0.319. The van der Waals surface area contributed by atoms with Crippen LogP contribution in [0.15, 0.2) is 12.1 Å². The lowest BCUT2D eigenvalue weighted by molar-refractivity contribution is 0.102. The third-order valence-electron chi connectivity index (χ3n) is 1.76. The molecule has 0 atom stereocenters. The predicted molar refractivity (Wildman–Crippen MR) is 55.0 cm³/mol. The van der Waals surface area contributed by atoms with Crippen LogP contribution in [0.1, 0.15) is 15.9 Å². The Bertz CT molecular complexity index is 423. The van der Waals surface area contributed by atoms with Gasteiger partial charge in [-0.1, -0.05) is 0 Å². The van der Waals surface area contributed by atoms with Gasteiger partial charge in [0.2, 0.25) is 0 Å². The zero-order valence-electron chi connectivity index (χ0n) is 7.25. The van der Waals surface area contributed by atoms with Crippen LogP contribution in [0.25, 0.3) is 0 Å². The number of carbonyl (C=O) groups excluding carboxylic acids is 1. The average Bonchev–Trinajstić information content (AvgIpc) is 2.17. The van der Waals surface area contributed by atoms with E-state index in [0.29, 0.717) is 0 Å². The second-order valence-corrected chi connectivity index (χ2v) is 2.96. The number of rotatable bonds is 2. The smallest absolute Gasteiger partial charge is 0.179 e. The van der Waals surface area contributed by atoms with Gasteiger partial charge < -0.3 is 11.5 Å². The molecule has 0 aliphatic carbocycles. The minimum absolute atomic E-state index is 0.168. The second-order valence-electron chi connectivity index (χ2n) is 2.70. The second kappa shape index (κ2) is 3.99. The van der Waals surface area contributed by atoms with Crippen molar-refractivity contribution in [3.05, 3.63) is 23.3 Å². The number of benzene rings is 1. The molecular weight excluding hydrogens is 202 g/mol. The van der Waals surface area contributed by atoms with Gasteiger partial charge in [0.1, 0.15) is 6.07 Å². The maximum absolute atomic E-state index is 11.3. The van der Waals surface area contributed by atoms with Crippen LogP contribution < -0.4 is 11.5 Å². The Morgan fingerprint density at radius 2 is 2.07 bits per heavy atom. The molecule has 1 aromatic rings. The molecule has 0 saturated carbocycles. The normalized spacial score (nSPS) is 9.43. The summed E-state index contributed by atoms with van der Waals surface area (Å²) >= 11 is 5.37. The molecule has 0 amide bonds. The van der Waals surface area contributed by atoms with E-state index < -0.39 is 0 Å². The highest BCUT2D eigenvalue weighted by atomic mass is 35.5. The molecule has 0 bridgehead atoms. The van der Waals surface area contributed by atoms with Crippen LogP contribution in [0.3, 0.4) is 0 Å². The van der Waals surface area contributed by atoms with Crippen LogP contribution in [0.2, 0.25) is 0 Å². The number of nitrogen functional groups attached to an aromatic ring is 2. The van der Waals surface area contributed by atoms with E-state index in [4.69, 9.17) is 28.3 Å². The Hall–Kier alpha value is -1.73. The Kier molecular flexibility index (Phi) is 2.95. The molecule has 0 heterocycles. The van der Waals surface area contributed by atoms with Gasteiger partial charge in [-0.15, -0.1) is 11.6 Å². The van der Waals surface area contributed by atoms with E-state index in [2.05, 4.69) is 0 Å². The number of anilines is 2. The molecule has 0 unspecified atom stereocenters. The predicted octanol–water partition coefficient (Wildman–Crippen LogP) is 1.14. The highest BCUT2D eigenvalue weighted by molar-refractivity contribution is 6.31. The number of nitriles is 1. The van der Waals surface area contributed by atoms with Gasteiger partial charge in [-0.05, 0) is 12.1 Å². The fraction of sp³-hybridized carbons (Fsp3) is 0.111. The maximum atomic E-state index is 11.3. The third kappa shape index (κ3) is 1.78. The molecule has 5 heteroatoms. The van der Waals surface area contributed by atoms with Crippen molar-refractivity contribution in [1.29, 1.82) is 5.26 Å². The lowest BCUT2D eigenvalue weighted by Crippen LogP contribution is -2.07.